The molecule has 122 valence electrons. The van der Waals surface area contributed by atoms with E-state index in [-0.39, 0.29) is 11.7 Å². The number of nitrogens with two attached hydrogens (primary N) is 1. The molecule has 0 spiro atoms. The van der Waals surface area contributed by atoms with Gasteiger partial charge < -0.3 is 10.5 Å². The second kappa shape index (κ2) is 6.67. The van der Waals surface area contributed by atoms with Gasteiger partial charge in [0.05, 0.1) is 11.6 Å². The monoisotopic (exact) mass is 312 g/mol. The van der Waals surface area contributed by atoms with Crippen molar-refractivity contribution in [3.63, 3.8) is 0 Å². The van der Waals surface area contributed by atoms with Gasteiger partial charge in [-0.1, -0.05) is 6.92 Å². The largest absolute Gasteiger partial charge is 0.383 e. The van der Waals surface area contributed by atoms with Gasteiger partial charge in [-0.25, -0.2) is 4.98 Å². The Labute approximate surface area is 137 Å². The number of hydrogen-bond donors (Lipinski definition) is 1. The molecule has 0 atom stereocenters. The van der Waals surface area contributed by atoms with Crippen LogP contribution in [-0.4, -0.2) is 24.0 Å². The van der Waals surface area contributed by atoms with Crippen LogP contribution in [0, 0.1) is 5.92 Å². The lowest BCUT2D eigenvalue weighted by Gasteiger charge is -2.26. The van der Waals surface area contributed by atoms with Gasteiger partial charge in [0.2, 0.25) is 0 Å². The molecule has 0 radical (unpaired) electrons. The van der Waals surface area contributed by atoms with Gasteiger partial charge in [0.1, 0.15) is 5.82 Å². The molecule has 2 N–H and O–H groups in total. The van der Waals surface area contributed by atoms with Gasteiger partial charge in [-0.15, -0.1) is 0 Å². The molecule has 3 rings (SSSR count). The van der Waals surface area contributed by atoms with E-state index < -0.39 is 0 Å². The second-order valence-electron chi connectivity index (χ2n) is 6.37. The van der Waals surface area contributed by atoms with Crippen LogP contribution in [0.3, 0.4) is 0 Å². The van der Waals surface area contributed by atoms with Crippen LogP contribution < -0.4 is 5.73 Å². The molecule has 4 nitrogen and oxygen atoms in total. The zero-order valence-corrected chi connectivity index (χ0v) is 13.8. The summed E-state index contributed by atoms with van der Waals surface area (Å²) in [5, 5.41) is 0.993. The van der Waals surface area contributed by atoms with Crippen molar-refractivity contribution in [2.24, 2.45) is 5.92 Å². The molecule has 1 heterocycles. The number of nitrogens with zero attached hydrogens (tertiary/aromatic N) is 1. The van der Waals surface area contributed by atoms with Crippen molar-refractivity contribution in [2.45, 2.75) is 45.1 Å². The Morgan fingerprint density at radius 2 is 2.00 bits per heavy atom. The number of fused-ring (bicyclic) bond motifs is 1. The second-order valence-corrected chi connectivity index (χ2v) is 6.37. The summed E-state index contributed by atoms with van der Waals surface area (Å²) in [4.78, 5) is 17.2. The average Bonchev–Trinajstić information content (AvgIpc) is 2.60. The number of hydrogen-bond acceptors (Lipinski definition) is 4. The first-order valence-corrected chi connectivity index (χ1v) is 8.38. The van der Waals surface area contributed by atoms with E-state index in [0.29, 0.717) is 11.9 Å². The number of nitrogen functional groups attached to an aromatic ring is 1. The fourth-order valence-corrected chi connectivity index (χ4v) is 3.47. The van der Waals surface area contributed by atoms with Gasteiger partial charge in [-0.2, -0.15) is 0 Å². The highest BCUT2D eigenvalue weighted by molar-refractivity contribution is 6.01. The standard InChI is InChI=1S/C19H24N2O2/c1-3-12-10-15-11-14(6-9-17(15)21-19(12)20)18(22)13-4-7-16(23-2)8-5-13/h6,9-11,13,16H,3-5,7-8H2,1-2H3,(H2,20,21). The Bertz CT molecular complexity index is 719. The molecule has 0 aliphatic heterocycles. The lowest BCUT2D eigenvalue weighted by molar-refractivity contribution is 0.0519. The smallest absolute Gasteiger partial charge is 0.165 e. The van der Waals surface area contributed by atoms with Crippen LogP contribution in [0.15, 0.2) is 24.3 Å². The van der Waals surface area contributed by atoms with Gasteiger partial charge >= 0.3 is 0 Å². The third-order valence-corrected chi connectivity index (χ3v) is 4.97. The number of carbonyl (C=O) groups is 1. The summed E-state index contributed by atoms with van der Waals surface area (Å²) < 4.78 is 5.39. The van der Waals surface area contributed by atoms with E-state index in [4.69, 9.17) is 10.5 Å². The first kappa shape index (κ1) is 15.9. The van der Waals surface area contributed by atoms with Crippen LogP contribution in [0.1, 0.15) is 48.5 Å². The number of aryl methyl sites for hydroxylation is 1. The molecular weight excluding hydrogens is 288 g/mol. The molecule has 1 aliphatic rings. The molecule has 1 aromatic carbocycles. The predicted molar refractivity (Wildman–Crippen MR) is 92.6 cm³/mol. The molecule has 2 aromatic rings. The zero-order valence-electron chi connectivity index (χ0n) is 13.8. The number of ketones is 1. The van der Waals surface area contributed by atoms with E-state index in [9.17, 15) is 4.79 Å². The van der Waals surface area contributed by atoms with Crippen LogP contribution >= 0.6 is 0 Å². The van der Waals surface area contributed by atoms with Crippen molar-refractivity contribution in [1.29, 1.82) is 0 Å². The number of anilines is 1. The molecule has 0 unspecified atom stereocenters. The Morgan fingerprint density at radius 3 is 2.65 bits per heavy atom. The number of carbonyl (C=O) groups excluding carboxylic acids is 1. The summed E-state index contributed by atoms with van der Waals surface area (Å²) in [7, 11) is 1.75. The van der Waals surface area contributed by atoms with Crippen LogP contribution in [0.5, 0.6) is 0 Å². The molecule has 0 saturated heterocycles. The fraction of sp³-hybridized carbons (Fsp3) is 0.474. The fourth-order valence-electron chi connectivity index (χ4n) is 3.47. The summed E-state index contributed by atoms with van der Waals surface area (Å²) >= 11 is 0. The third-order valence-electron chi connectivity index (χ3n) is 4.97. The van der Waals surface area contributed by atoms with Gasteiger partial charge in [0.15, 0.2) is 5.78 Å². The van der Waals surface area contributed by atoms with Crippen molar-refractivity contribution in [3.05, 3.63) is 35.4 Å². The molecule has 0 amide bonds. The van der Waals surface area contributed by atoms with E-state index in [2.05, 4.69) is 18.0 Å². The molecule has 4 heteroatoms. The quantitative estimate of drug-likeness (QED) is 0.873. The maximum atomic E-state index is 12.8. The highest BCUT2D eigenvalue weighted by Gasteiger charge is 2.27. The Balaban J connectivity index is 1.85. The lowest BCUT2D eigenvalue weighted by Crippen LogP contribution is -2.25. The van der Waals surface area contributed by atoms with E-state index in [1.54, 1.807) is 7.11 Å². The first-order chi connectivity index (χ1) is 11.1. The van der Waals surface area contributed by atoms with Crippen molar-refractivity contribution in [3.8, 4) is 0 Å². The number of pyridine rings is 1. The SMILES string of the molecule is CCc1cc2cc(C(=O)C3CCC(OC)CC3)ccc2nc1N. The maximum absolute atomic E-state index is 12.8. The lowest BCUT2D eigenvalue weighted by atomic mass is 9.82. The van der Waals surface area contributed by atoms with Crippen LogP contribution in [0.4, 0.5) is 5.82 Å². The topological polar surface area (TPSA) is 65.2 Å². The van der Waals surface area contributed by atoms with Crippen LogP contribution in [0.25, 0.3) is 10.9 Å². The summed E-state index contributed by atoms with van der Waals surface area (Å²) in [6.45, 7) is 2.06. The van der Waals surface area contributed by atoms with Gasteiger partial charge in [0, 0.05) is 24.0 Å². The van der Waals surface area contributed by atoms with Gasteiger partial charge in [0.25, 0.3) is 0 Å². The Hall–Kier alpha value is -1.94. The zero-order chi connectivity index (χ0) is 16.4. The van der Waals surface area contributed by atoms with E-state index >= 15 is 0 Å². The van der Waals surface area contributed by atoms with Crippen LogP contribution in [0.2, 0.25) is 0 Å². The number of Topliss-reactive ketones (excluding diaryl/α,β-unsaturated/α-hetero) is 1. The summed E-state index contributed by atoms with van der Waals surface area (Å²) in [6, 6.07) is 7.80. The maximum Gasteiger partial charge on any atom is 0.165 e. The predicted octanol–water partition coefficient (Wildman–Crippen LogP) is 3.77. The normalized spacial score (nSPS) is 21.5. The average molecular weight is 312 g/mol. The molecule has 1 aromatic heterocycles. The van der Waals surface area contributed by atoms with E-state index in [0.717, 1.165) is 54.1 Å². The van der Waals surface area contributed by atoms with E-state index in [1.165, 1.54) is 0 Å². The highest BCUT2D eigenvalue weighted by atomic mass is 16.5. The molecule has 0 bridgehead atoms. The molecule has 1 fully saturated rings. The molecule has 23 heavy (non-hydrogen) atoms. The number of benzene rings is 1. The summed E-state index contributed by atoms with van der Waals surface area (Å²) in [5.74, 6) is 0.944. The minimum Gasteiger partial charge on any atom is -0.383 e. The number of ether oxygens (including phenoxy) is 1. The number of aromatic nitrogens is 1. The van der Waals surface area contributed by atoms with Crippen LogP contribution in [-0.2, 0) is 11.2 Å². The number of methoxy groups -OCH3 is 1. The molecular formula is C19H24N2O2. The summed E-state index contributed by atoms with van der Waals surface area (Å²) in [5.41, 5.74) is 8.61. The van der Waals surface area contributed by atoms with Crippen molar-refractivity contribution >= 4 is 22.5 Å². The Kier molecular flexibility index (Phi) is 4.62. The first-order valence-electron chi connectivity index (χ1n) is 8.38. The Morgan fingerprint density at radius 1 is 1.26 bits per heavy atom. The molecule has 1 saturated carbocycles. The van der Waals surface area contributed by atoms with Crippen molar-refractivity contribution in [2.75, 3.05) is 12.8 Å². The van der Waals surface area contributed by atoms with Gasteiger partial charge in [-0.3, -0.25) is 4.79 Å². The van der Waals surface area contributed by atoms with Gasteiger partial charge in [-0.05, 0) is 61.9 Å². The highest BCUT2D eigenvalue weighted by Crippen LogP contribution is 2.29. The molecule has 1 aliphatic carbocycles. The van der Waals surface area contributed by atoms with E-state index in [1.807, 2.05) is 18.2 Å². The minimum absolute atomic E-state index is 0.117. The summed E-state index contributed by atoms with van der Waals surface area (Å²) in [6.07, 6.45) is 4.92. The minimum atomic E-state index is 0.117. The van der Waals surface area contributed by atoms with Crippen molar-refractivity contribution < 1.29 is 9.53 Å². The number of rotatable bonds is 4. The third kappa shape index (κ3) is 3.22. The van der Waals surface area contributed by atoms with Crippen molar-refractivity contribution in [1.82, 2.24) is 4.98 Å².